The van der Waals surface area contributed by atoms with Gasteiger partial charge in [-0.05, 0) is 30.9 Å². The second kappa shape index (κ2) is 6.78. The van der Waals surface area contributed by atoms with Crippen LogP contribution in [0.3, 0.4) is 0 Å². The third kappa shape index (κ3) is 3.24. The van der Waals surface area contributed by atoms with Crippen LogP contribution in [0.25, 0.3) is 0 Å². The molecule has 19 heavy (non-hydrogen) atoms. The normalized spacial score (nSPS) is 10.1. The summed E-state index contributed by atoms with van der Waals surface area (Å²) in [6, 6.07) is 5.54. The molecule has 0 aromatic heterocycles. The molecule has 0 aliphatic carbocycles. The second-order valence-electron chi connectivity index (χ2n) is 4.19. The van der Waals surface area contributed by atoms with E-state index in [1.54, 1.807) is 0 Å². The van der Waals surface area contributed by atoms with E-state index >= 15 is 0 Å². The average Bonchev–Trinajstić information content (AvgIpc) is 2.39. The summed E-state index contributed by atoms with van der Waals surface area (Å²) in [7, 11) is 0. The molecule has 0 radical (unpaired) electrons. The highest BCUT2D eigenvalue weighted by atomic mass is 16.2. The van der Waals surface area contributed by atoms with Gasteiger partial charge >= 0.3 is 6.03 Å². The second-order valence-corrected chi connectivity index (χ2v) is 4.19. The minimum atomic E-state index is -0.356. The first-order chi connectivity index (χ1) is 9.06. The van der Waals surface area contributed by atoms with E-state index in [0.29, 0.717) is 6.54 Å². The number of anilines is 1. The molecule has 4 N–H and O–H groups in total. The maximum Gasteiger partial charge on any atom is 0.328 e. The van der Waals surface area contributed by atoms with Gasteiger partial charge in [-0.2, -0.15) is 0 Å². The fraction of sp³-hybridized carbons (Fsp3) is 0.429. The van der Waals surface area contributed by atoms with Gasteiger partial charge in [-0.1, -0.05) is 32.0 Å². The quantitative estimate of drug-likeness (QED) is 0.574. The van der Waals surface area contributed by atoms with Crippen LogP contribution in [0.15, 0.2) is 18.2 Å². The van der Waals surface area contributed by atoms with Crippen LogP contribution in [0, 0.1) is 5.41 Å². The Labute approximate surface area is 114 Å². The molecule has 1 rings (SSSR count). The Kier molecular flexibility index (Phi) is 5.36. The van der Waals surface area contributed by atoms with Crippen molar-refractivity contribution in [2.75, 3.05) is 11.4 Å². The Morgan fingerprint density at radius 1 is 1.26 bits per heavy atom. The number of para-hydroxylation sites is 1. The van der Waals surface area contributed by atoms with Crippen LogP contribution in [-0.4, -0.2) is 18.5 Å². The topological polar surface area (TPSA) is 82.2 Å². The van der Waals surface area contributed by atoms with Crippen LogP contribution in [0.2, 0.25) is 0 Å². The van der Waals surface area contributed by atoms with Crippen LogP contribution in [0.1, 0.15) is 31.9 Å². The maximum absolute atomic E-state index is 12.1. The Bertz CT molecular complexity index is 448. The third-order valence-corrected chi connectivity index (χ3v) is 2.96. The van der Waals surface area contributed by atoms with E-state index in [9.17, 15) is 4.79 Å². The minimum Gasteiger partial charge on any atom is -0.369 e. The van der Waals surface area contributed by atoms with Crippen LogP contribution in [-0.2, 0) is 12.8 Å². The molecule has 0 saturated carbocycles. The van der Waals surface area contributed by atoms with Crippen molar-refractivity contribution in [3.63, 3.8) is 0 Å². The number of nitrogens with one attached hydrogen (secondary N) is 2. The van der Waals surface area contributed by atoms with Gasteiger partial charge in [-0.3, -0.25) is 5.41 Å². The third-order valence-electron chi connectivity index (χ3n) is 2.96. The predicted octanol–water partition coefficient (Wildman–Crippen LogP) is 2.24. The number of benzene rings is 1. The molecule has 0 unspecified atom stereocenters. The van der Waals surface area contributed by atoms with Crippen molar-refractivity contribution in [2.45, 2.75) is 33.6 Å². The van der Waals surface area contributed by atoms with Crippen LogP contribution in [0.4, 0.5) is 10.5 Å². The van der Waals surface area contributed by atoms with Gasteiger partial charge in [0.05, 0.1) is 5.69 Å². The number of urea groups is 1. The number of amides is 2. The highest BCUT2D eigenvalue weighted by Crippen LogP contribution is 2.26. The van der Waals surface area contributed by atoms with E-state index < -0.39 is 0 Å². The zero-order valence-electron chi connectivity index (χ0n) is 11.8. The summed E-state index contributed by atoms with van der Waals surface area (Å²) >= 11 is 0. The standard InChI is InChI=1S/C14H22N4O/c1-4-10-8-7-9-11(5-2)12(10)18(13(15)16)14(19)17-6-3/h7-9H,4-6H2,1-3H3,(H3,15,16)(H,17,19). The average molecular weight is 262 g/mol. The summed E-state index contributed by atoms with van der Waals surface area (Å²) in [6.07, 6.45) is 1.57. The number of carbonyl (C=O) groups excluding carboxylic acids is 1. The Balaban J connectivity index is 3.36. The van der Waals surface area contributed by atoms with Crippen molar-refractivity contribution >= 4 is 17.7 Å². The summed E-state index contributed by atoms with van der Waals surface area (Å²) in [5, 5.41) is 10.4. The fourth-order valence-corrected chi connectivity index (χ4v) is 2.06. The molecule has 0 aliphatic rings. The molecule has 0 fully saturated rings. The van der Waals surface area contributed by atoms with E-state index in [2.05, 4.69) is 5.32 Å². The molecular formula is C14H22N4O. The SMILES string of the molecule is CCNC(=O)N(C(=N)N)c1c(CC)cccc1CC. The number of nitrogens with two attached hydrogens (primary N) is 1. The summed E-state index contributed by atoms with van der Waals surface area (Å²) in [6.45, 7) is 6.38. The molecule has 0 spiro atoms. The number of hydrogen-bond donors (Lipinski definition) is 3. The molecule has 0 heterocycles. The lowest BCUT2D eigenvalue weighted by Crippen LogP contribution is -2.48. The van der Waals surface area contributed by atoms with E-state index in [1.807, 2.05) is 39.0 Å². The fourth-order valence-electron chi connectivity index (χ4n) is 2.06. The van der Waals surface area contributed by atoms with Gasteiger partial charge < -0.3 is 11.1 Å². The van der Waals surface area contributed by atoms with Crippen LogP contribution >= 0.6 is 0 Å². The lowest BCUT2D eigenvalue weighted by molar-refractivity contribution is 0.249. The van der Waals surface area contributed by atoms with Crippen molar-refractivity contribution in [3.05, 3.63) is 29.3 Å². The van der Waals surface area contributed by atoms with Gasteiger partial charge in [0.2, 0.25) is 5.96 Å². The van der Waals surface area contributed by atoms with Crippen LogP contribution in [0.5, 0.6) is 0 Å². The van der Waals surface area contributed by atoms with Gasteiger partial charge in [0, 0.05) is 6.54 Å². The number of guanidine groups is 1. The molecule has 2 amide bonds. The predicted molar refractivity (Wildman–Crippen MR) is 78.7 cm³/mol. The van der Waals surface area contributed by atoms with Crippen molar-refractivity contribution in [3.8, 4) is 0 Å². The van der Waals surface area contributed by atoms with Gasteiger partial charge in [0.1, 0.15) is 0 Å². The van der Waals surface area contributed by atoms with Gasteiger partial charge in [0.15, 0.2) is 0 Å². The van der Waals surface area contributed by atoms with Crippen LogP contribution < -0.4 is 16.0 Å². The van der Waals surface area contributed by atoms with Crippen molar-refractivity contribution < 1.29 is 4.79 Å². The Morgan fingerprint density at radius 3 is 2.16 bits per heavy atom. The van der Waals surface area contributed by atoms with Gasteiger partial charge in [-0.15, -0.1) is 0 Å². The van der Waals surface area contributed by atoms with Crippen molar-refractivity contribution in [1.29, 1.82) is 5.41 Å². The van der Waals surface area contributed by atoms with E-state index in [4.69, 9.17) is 11.1 Å². The monoisotopic (exact) mass is 262 g/mol. The molecule has 0 bridgehead atoms. The zero-order valence-corrected chi connectivity index (χ0v) is 11.8. The Morgan fingerprint density at radius 2 is 1.79 bits per heavy atom. The summed E-state index contributed by atoms with van der Waals surface area (Å²) in [4.78, 5) is 13.4. The number of aryl methyl sites for hydroxylation is 2. The molecule has 1 aromatic carbocycles. The highest BCUT2D eigenvalue weighted by Gasteiger charge is 2.22. The first kappa shape index (κ1) is 15.0. The largest absolute Gasteiger partial charge is 0.369 e. The smallest absolute Gasteiger partial charge is 0.328 e. The lowest BCUT2D eigenvalue weighted by atomic mass is 10.0. The molecule has 0 aliphatic heterocycles. The maximum atomic E-state index is 12.1. The molecular weight excluding hydrogens is 240 g/mol. The molecule has 0 saturated heterocycles. The molecule has 0 atom stereocenters. The first-order valence-corrected chi connectivity index (χ1v) is 6.59. The number of nitrogens with zero attached hydrogens (tertiary/aromatic N) is 1. The van der Waals surface area contributed by atoms with Gasteiger partial charge in [-0.25, -0.2) is 9.69 Å². The van der Waals surface area contributed by atoms with E-state index in [-0.39, 0.29) is 12.0 Å². The minimum absolute atomic E-state index is 0.262. The zero-order chi connectivity index (χ0) is 14.4. The molecule has 104 valence electrons. The van der Waals surface area contributed by atoms with E-state index in [1.165, 1.54) is 4.90 Å². The number of rotatable bonds is 4. The summed E-state index contributed by atoms with van der Waals surface area (Å²) in [5.41, 5.74) is 8.37. The number of hydrogen-bond acceptors (Lipinski definition) is 2. The Hall–Kier alpha value is -2.04. The number of carbonyl (C=O) groups is 1. The first-order valence-electron chi connectivity index (χ1n) is 6.59. The van der Waals surface area contributed by atoms with E-state index in [0.717, 1.165) is 29.7 Å². The summed E-state index contributed by atoms with van der Waals surface area (Å²) < 4.78 is 0. The van der Waals surface area contributed by atoms with Gasteiger partial charge in [0.25, 0.3) is 0 Å². The molecule has 1 aromatic rings. The highest BCUT2D eigenvalue weighted by molar-refractivity contribution is 6.14. The lowest BCUT2D eigenvalue weighted by Gasteiger charge is -2.25. The molecule has 5 heteroatoms. The van der Waals surface area contributed by atoms with Crippen molar-refractivity contribution in [2.24, 2.45) is 5.73 Å². The van der Waals surface area contributed by atoms with Crippen molar-refractivity contribution in [1.82, 2.24) is 5.32 Å². The molecule has 5 nitrogen and oxygen atoms in total. The summed E-state index contributed by atoms with van der Waals surface area (Å²) in [5.74, 6) is -0.262.